The Kier molecular flexibility index (Phi) is 6.39. The molecule has 152 valence electrons. The molecule has 2 aromatic carbocycles. The van der Waals surface area contributed by atoms with E-state index in [1.165, 1.54) is 12.1 Å². The van der Waals surface area contributed by atoms with Gasteiger partial charge in [-0.15, -0.1) is 0 Å². The molecule has 0 aliphatic rings. The largest absolute Gasteiger partial charge is 0.480 e. The average molecular weight is 406 g/mol. The van der Waals surface area contributed by atoms with Gasteiger partial charge in [-0.1, -0.05) is 42.5 Å². The van der Waals surface area contributed by atoms with Crippen molar-refractivity contribution in [2.75, 3.05) is 0 Å². The molecule has 8 nitrogen and oxygen atoms in total. The van der Waals surface area contributed by atoms with Crippen molar-refractivity contribution in [2.45, 2.75) is 12.5 Å². The van der Waals surface area contributed by atoms with Crippen LogP contribution in [0.2, 0.25) is 0 Å². The molecule has 1 unspecified atom stereocenters. The van der Waals surface area contributed by atoms with Gasteiger partial charge in [-0.2, -0.15) is 0 Å². The number of nitro groups is 1. The first-order valence-corrected chi connectivity index (χ1v) is 9.03. The lowest BCUT2D eigenvalue weighted by atomic mass is 10.1. The summed E-state index contributed by atoms with van der Waals surface area (Å²) < 4.78 is 5.57. The highest BCUT2D eigenvalue weighted by Crippen LogP contribution is 2.31. The van der Waals surface area contributed by atoms with Crippen LogP contribution in [0.25, 0.3) is 17.4 Å². The number of furan rings is 1. The Morgan fingerprint density at radius 2 is 1.77 bits per heavy atom. The van der Waals surface area contributed by atoms with E-state index in [4.69, 9.17) is 4.42 Å². The van der Waals surface area contributed by atoms with Crippen LogP contribution < -0.4 is 5.32 Å². The molecule has 0 aliphatic carbocycles. The standard InChI is InChI=1S/C22H18N2O6/c25-21(23-18(22(26)27)14-15-6-2-1-3-7-15)13-11-16-10-12-20(30-16)17-8-4-5-9-19(17)24(28)29/h1-13,18H,14H2,(H,23,25)(H,26,27)/b13-11+. The van der Waals surface area contributed by atoms with E-state index in [1.807, 2.05) is 6.07 Å². The van der Waals surface area contributed by atoms with Gasteiger partial charge >= 0.3 is 5.97 Å². The molecular formula is C22H18N2O6. The third-order valence-electron chi connectivity index (χ3n) is 4.29. The molecular weight excluding hydrogens is 388 g/mol. The van der Waals surface area contributed by atoms with Gasteiger partial charge in [0.1, 0.15) is 17.6 Å². The second kappa shape index (κ2) is 9.33. The maximum atomic E-state index is 12.1. The number of carboxylic acid groups (broad SMARTS) is 1. The van der Waals surface area contributed by atoms with Crippen molar-refractivity contribution in [1.29, 1.82) is 0 Å². The number of nitro benzene ring substituents is 1. The molecule has 0 spiro atoms. The lowest BCUT2D eigenvalue weighted by Crippen LogP contribution is -2.41. The molecule has 2 N–H and O–H groups in total. The number of nitrogens with one attached hydrogen (secondary N) is 1. The Morgan fingerprint density at radius 1 is 1.07 bits per heavy atom. The van der Waals surface area contributed by atoms with Gasteiger partial charge in [0.2, 0.25) is 5.91 Å². The van der Waals surface area contributed by atoms with Gasteiger partial charge in [-0.05, 0) is 29.8 Å². The zero-order chi connectivity index (χ0) is 21.5. The van der Waals surface area contributed by atoms with Gasteiger partial charge in [-0.3, -0.25) is 14.9 Å². The quantitative estimate of drug-likeness (QED) is 0.334. The topological polar surface area (TPSA) is 123 Å². The fourth-order valence-electron chi connectivity index (χ4n) is 2.86. The van der Waals surface area contributed by atoms with Crippen LogP contribution >= 0.6 is 0 Å². The average Bonchev–Trinajstić information content (AvgIpc) is 3.21. The molecule has 0 saturated heterocycles. The summed E-state index contributed by atoms with van der Waals surface area (Å²) in [5.74, 6) is -1.15. The molecule has 0 aliphatic heterocycles. The zero-order valence-electron chi connectivity index (χ0n) is 15.7. The van der Waals surface area contributed by atoms with Crippen LogP contribution in [0.1, 0.15) is 11.3 Å². The summed E-state index contributed by atoms with van der Waals surface area (Å²) in [6.07, 6.45) is 2.68. The molecule has 0 radical (unpaired) electrons. The summed E-state index contributed by atoms with van der Waals surface area (Å²) in [4.78, 5) is 34.3. The number of para-hydroxylation sites is 1. The highest BCUT2D eigenvalue weighted by atomic mass is 16.6. The Labute approximate surface area is 171 Å². The maximum absolute atomic E-state index is 12.1. The van der Waals surface area contributed by atoms with E-state index < -0.39 is 22.8 Å². The summed E-state index contributed by atoms with van der Waals surface area (Å²) >= 11 is 0. The summed E-state index contributed by atoms with van der Waals surface area (Å²) in [6.45, 7) is 0. The monoisotopic (exact) mass is 406 g/mol. The number of amides is 1. The van der Waals surface area contributed by atoms with Crippen LogP contribution in [-0.2, 0) is 16.0 Å². The predicted octanol–water partition coefficient (Wildman–Crippen LogP) is 3.68. The van der Waals surface area contributed by atoms with Crippen molar-refractivity contribution in [2.24, 2.45) is 0 Å². The van der Waals surface area contributed by atoms with E-state index in [0.29, 0.717) is 11.3 Å². The lowest BCUT2D eigenvalue weighted by Gasteiger charge is -2.13. The van der Waals surface area contributed by atoms with Gasteiger partial charge in [0, 0.05) is 18.6 Å². The van der Waals surface area contributed by atoms with E-state index in [0.717, 1.165) is 11.6 Å². The first-order valence-electron chi connectivity index (χ1n) is 9.03. The van der Waals surface area contributed by atoms with Crippen LogP contribution in [0.5, 0.6) is 0 Å². The Bertz CT molecular complexity index is 1090. The SMILES string of the molecule is O=C(/C=C/c1ccc(-c2ccccc2[N+](=O)[O-])o1)NC(Cc1ccccc1)C(=O)O. The number of hydrogen-bond acceptors (Lipinski definition) is 5. The second-order valence-corrected chi connectivity index (χ2v) is 6.40. The second-order valence-electron chi connectivity index (χ2n) is 6.40. The normalized spacial score (nSPS) is 11.9. The molecule has 3 aromatic rings. The summed E-state index contributed by atoms with van der Waals surface area (Å²) in [5, 5.41) is 23.0. The molecule has 30 heavy (non-hydrogen) atoms. The molecule has 0 fully saturated rings. The molecule has 8 heteroatoms. The van der Waals surface area contributed by atoms with Crippen LogP contribution in [0.3, 0.4) is 0 Å². The van der Waals surface area contributed by atoms with E-state index in [1.54, 1.807) is 54.6 Å². The summed E-state index contributed by atoms with van der Waals surface area (Å²) in [7, 11) is 0. The highest BCUT2D eigenvalue weighted by Gasteiger charge is 2.20. The summed E-state index contributed by atoms with van der Waals surface area (Å²) in [5.41, 5.74) is 1.01. The minimum atomic E-state index is -1.14. The smallest absolute Gasteiger partial charge is 0.326 e. The van der Waals surface area contributed by atoms with E-state index >= 15 is 0 Å². The molecule has 0 saturated carbocycles. The molecule has 1 amide bonds. The highest BCUT2D eigenvalue weighted by molar-refractivity contribution is 5.94. The number of carbonyl (C=O) groups is 2. The zero-order valence-corrected chi connectivity index (χ0v) is 15.7. The van der Waals surface area contributed by atoms with Gasteiger partial charge < -0.3 is 14.8 Å². The number of carboxylic acids is 1. The van der Waals surface area contributed by atoms with E-state index in [-0.39, 0.29) is 17.9 Å². The van der Waals surface area contributed by atoms with Crippen molar-refractivity contribution >= 4 is 23.6 Å². The van der Waals surface area contributed by atoms with E-state index in [2.05, 4.69) is 5.32 Å². The predicted molar refractivity (Wildman–Crippen MR) is 110 cm³/mol. The number of benzene rings is 2. The molecule has 1 atom stereocenters. The van der Waals surface area contributed by atoms with Crippen molar-refractivity contribution in [3.8, 4) is 11.3 Å². The number of rotatable bonds is 8. The van der Waals surface area contributed by atoms with Crippen LogP contribution in [0, 0.1) is 10.1 Å². The Balaban J connectivity index is 1.68. The maximum Gasteiger partial charge on any atom is 0.326 e. The number of hydrogen-bond donors (Lipinski definition) is 2. The first-order chi connectivity index (χ1) is 14.4. The van der Waals surface area contributed by atoms with Crippen LogP contribution in [0.15, 0.2) is 77.2 Å². The number of aliphatic carboxylic acids is 1. The van der Waals surface area contributed by atoms with Crippen LogP contribution in [0.4, 0.5) is 5.69 Å². The van der Waals surface area contributed by atoms with Crippen molar-refractivity contribution < 1.29 is 24.0 Å². The lowest BCUT2D eigenvalue weighted by molar-refractivity contribution is -0.384. The van der Waals surface area contributed by atoms with Crippen LogP contribution in [-0.4, -0.2) is 27.9 Å². The van der Waals surface area contributed by atoms with Crippen molar-refractivity contribution in [3.63, 3.8) is 0 Å². The minimum Gasteiger partial charge on any atom is -0.480 e. The third kappa shape index (κ3) is 5.20. The minimum absolute atomic E-state index is 0.0923. The van der Waals surface area contributed by atoms with Gasteiger partial charge in [0.05, 0.1) is 10.5 Å². The molecule has 3 rings (SSSR count). The fraction of sp³-hybridized carbons (Fsp3) is 0.0909. The van der Waals surface area contributed by atoms with E-state index in [9.17, 15) is 24.8 Å². The third-order valence-corrected chi connectivity index (χ3v) is 4.29. The van der Waals surface area contributed by atoms with Crippen molar-refractivity contribution in [3.05, 3.63) is 94.2 Å². The van der Waals surface area contributed by atoms with Crippen molar-refractivity contribution in [1.82, 2.24) is 5.32 Å². The number of carbonyl (C=O) groups excluding carboxylic acids is 1. The Morgan fingerprint density at radius 3 is 2.47 bits per heavy atom. The Hall–Kier alpha value is -4.20. The summed E-state index contributed by atoms with van der Waals surface area (Å²) in [6, 6.07) is 17.2. The molecule has 1 aromatic heterocycles. The number of nitrogens with zero attached hydrogens (tertiary/aromatic N) is 1. The van der Waals surface area contributed by atoms with Gasteiger partial charge in [0.25, 0.3) is 5.69 Å². The fourth-order valence-corrected chi connectivity index (χ4v) is 2.86. The molecule has 0 bridgehead atoms. The van der Waals surface area contributed by atoms with Gasteiger partial charge in [0.15, 0.2) is 0 Å². The molecule has 1 heterocycles. The first kappa shape index (κ1) is 20.5. The van der Waals surface area contributed by atoms with Gasteiger partial charge in [-0.25, -0.2) is 4.79 Å².